The molecule has 1 aromatic carbocycles. The van der Waals surface area contributed by atoms with Crippen LogP contribution < -0.4 is 0 Å². The van der Waals surface area contributed by atoms with E-state index in [2.05, 4.69) is 4.74 Å². The quantitative estimate of drug-likeness (QED) is 0.804. The van der Waals surface area contributed by atoms with Crippen molar-refractivity contribution in [2.45, 2.75) is 6.92 Å². The Labute approximate surface area is 122 Å². The lowest BCUT2D eigenvalue weighted by Gasteiger charge is -2.20. The van der Waals surface area contributed by atoms with Gasteiger partial charge in [-0.2, -0.15) is 0 Å². The monoisotopic (exact) mass is 303 g/mol. The van der Waals surface area contributed by atoms with E-state index < -0.39 is 5.92 Å². The van der Waals surface area contributed by atoms with Crippen LogP contribution in [0.2, 0.25) is 10.0 Å². The maximum Gasteiger partial charge on any atom is 0.310 e. The summed E-state index contributed by atoms with van der Waals surface area (Å²) in [6, 6.07) is 4.63. The molecule has 0 aliphatic heterocycles. The van der Waals surface area contributed by atoms with E-state index in [1.54, 1.807) is 20.0 Å². The van der Waals surface area contributed by atoms with Crippen molar-refractivity contribution in [2.75, 3.05) is 20.7 Å². The zero-order chi connectivity index (χ0) is 14.6. The molecule has 0 saturated heterocycles. The lowest BCUT2D eigenvalue weighted by Crippen LogP contribution is -2.34. The van der Waals surface area contributed by atoms with E-state index in [-0.39, 0.29) is 18.4 Å². The van der Waals surface area contributed by atoms with Crippen molar-refractivity contribution in [3.63, 3.8) is 0 Å². The minimum absolute atomic E-state index is 0.250. The fourth-order valence-corrected chi connectivity index (χ4v) is 2.19. The Morgan fingerprint density at radius 2 is 1.79 bits per heavy atom. The number of benzene rings is 1. The third-order valence-electron chi connectivity index (χ3n) is 2.61. The Bertz CT molecular complexity index is 471. The van der Waals surface area contributed by atoms with Gasteiger partial charge in [-0.25, -0.2) is 0 Å². The SMILES string of the molecule is COC(=O)C(C)CN(C)C(=O)c1cc(Cl)cc(Cl)c1. The average molecular weight is 304 g/mol. The van der Waals surface area contributed by atoms with Gasteiger partial charge in [-0.15, -0.1) is 0 Å². The Hall–Kier alpha value is -1.26. The standard InChI is InChI=1S/C13H15Cl2NO3/c1-8(13(18)19-3)7-16(2)12(17)9-4-10(14)6-11(15)5-9/h4-6,8H,7H2,1-3H3. The van der Waals surface area contributed by atoms with Crippen LogP contribution in [0.1, 0.15) is 17.3 Å². The van der Waals surface area contributed by atoms with Gasteiger partial charge in [0.2, 0.25) is 0 Å². The first kappa shape index (κ1) is 15.8. The topological polar surface area (TPSA) is 46.6 Å². The average Bonchev–Trinajstić information content (AvgIpc) is 2.35. The second-order valence-corrected chi connectivity index (χ2v) is 5.14. The highest BCUT2D eigenvalue weighted by Crippen LogP contribution is 2.20. The first-order valence-corrected chi connectivity index (χ1v) is 6.40. The van der Waals surface area contributed by atoms with E-state index >= 15 is 0 Å². The minimum Gasteiger partial charge on any atom is -0.469 e. The smallest absolute Gasteiger partial charge is 0.310 e. The zero-order valence-electron chi connectivity index (χ0n) is 10.9. The summed E-state index contributed by atoms with van der Waals surface area (Å²) < 4.78 is 4.62. The van der Waals surface area contributed by atoms with Gasteiger partial charge in [-0.3, -0.25) is 9.59 Å². The molecule has 1 amide bonds. The molecule has 1 unspecified atom stereocenters. The van der Waals surface area contributed by atoms with Gasteiger partial charge in [0.05, 0.1) is 13.0 Å². The van der Waals surface area contributed by atoms with Crippen LogP contribution in [-0.4, -0.2) is 37.5 Å². The molecule has 0 aliphatic carbocycles. The molecule has 0 heterocycles. The van der Waals surface area contributed by atoms with Crippen molar-refractivity contribution in [2.24, 2.45) is 5.92 Å². The minimum atomic E-state index is -0.395. The number of methoxy groups -OCH3 is 1. The predicted octanol–water partition coefficient (Wildman–Crippen LogP) is 2.87. The zero-order valence-corrected chi connectivity index (χ0v) is 12.5. The van der Waals surface area contributed by atoms with Crippen molar-refractivity contribution in [3.8, 4) is 0 Å². The normalized spacial score (nSPS) is 11.8. The lowest BCUT2D eigenvalue weighted by molar-refractivity contribution is -0.145. The van der Waals surface area contributed by atoms with Crippen LogP contribution in [0.4, 0.5) is 0 Å². The van der Waals surface area contributed by atoms with E-state index in [0.717, 1.165) is 0 Å². The second-order valence-electron chi connectivity index (χ2n) is 4.27. The lowest BCUT2D eigenvalue weighted by atomic mass is 10.1. The Morgan fingerprint density at radius 1 is 1.26 bits per heavy atom. The number of halogens is 2. The number of carbonyl (C=O) groups excluding carboxylic acids is 2. The molecule has 0 spiro atoms. The molecular weight excluding hydrogens is 289 g/mol. The summed E-state index contributed by atoms with van der Waals surface area (Å²) in [5, 5.41) is 0.788. The van der Waals surface area contributed by atoms with Crippen LogP contribution in [0.25, 0.3) is 0 Å². The first-order chi connectivity index (χ1) is 8.85. The van der Waals surface area contributed by atoms with E-state index in [4.69, 9.17) is 23.2 Å². The molecule has 4 nitrogen and oxygen atoms in total. The van der Waals surface area contributed by atoms with Crippen LogP contribution in [0, 0.1) is 5.92 Å². The van der Waals surface area contributed by atoms with Gasteiger partial charge in [0.25, 0.3) is 5.91 Å². The summed E-state index contributed by atoms with van der Waals surface area (Å²) >= 11 is 11.7. The number of carbonyl (C=O) groups is 2. The molecule has 6 heteroatoms. The fraction of sp³-hybridized carbons (Fsp3) is 0.385. The Morgan fingerprint density at radius 3 is 2.26 bits per heavy atom. The van der Waals surface area contributed by atoms with Crippen LogP contribution in [-0.2, 0) is 9.53 Å². The number of hydrogen-bond acceptors (Lipinski definition) is 3. The number of nitrogens with zero attached hydrogens (tertiary/aromatic N) is 1. The largest absolute Gasteiger partial charge is 0.469 e. The van der Waals surface area contributed by atoms with Crippen molar-refractivity contribution in [3.05, 3.63) is 33.8 Å². The molecule has 1 atom stereocenters. The van der Waals surface area contributed by atoms with Crippen LogP contribution >= 0.6 is 23.2 Å². The Kier molecular flexibility index (Phi) is 5.63. The highest BCUT2D eigenvalue weighted by Gasteiger charge is 2.20. The molecule has 104 valence electrons. The van der Waals surface area contributed by atoms with Gasteiger partial charge in [-0.05, 0) is 18.2 Å². The summed E-state index contributed by atoms with van der Waals surface area (Å²) in [5.74, 6) is -1.00. The molecule has 0 aromatic heterocycles. The van der Waals surface area contributed by atoms with Crippen molar-refractivity contribution in [1.82, 2.24) is 4.90 Å². The maximum atomic E-state index is 12.2. The summed E-state index contributed by atoms with van der Waals surface area (Å²) in [6.07, 6.45) is 0. The van der Waals surface area contributed by atoms with E-state index in [1.165, 1.54) is 24.1 Å². The van der Waals surface area contributed by atoms with Gasteiger partial charge in [0, 0.05) is 29.2 Å². The predicted molar refractivity (Wildman–Crippen MR) is 74.6 cm³/mol. The summed E-state index contributed by atoms with van der Waals surface area (Å²) in [7, 11) is 2.92. The second kappa shape index (κ2) is 6.78. The summed E-state index contributed by atoms with van der Waals surface area (Å²) in [6.45, 7) is 1.95. The first-order valence-electron chi connectivity index (χ1n) is 5.64. The molecule has 0 aliphatic rings. The van der Waals surface area contributed by atoms with Gasteiger partial charge < -0.3 is 9.64 Å². The maximum absolute atomic E-state index is 12.2. The number of hydrogen-bond donors (Lipinski definition) is 0. The third-order valence-corrected chi connectivity index (χ3v) is 3.04. The van der Waals surface area contributed by atoms with Crippen molar-refractivity contribution < 1.29 is 14.3 Å². The molecule has 0 radical (unpaired) electrons. The molecule has 1 rings (SSSR count). The van der Waals surface area contributed by atoms with Gasteiger partial charge in [-0.1, -0.05) is 30.1 Å². The van der Waals surface area contributed by atoms with Gasteiger partial charge in [0.1, 0.15) is 0 Å². The van der Waals surface area contributed by atoms with Crippen molar-refractivity contribution >= 4 is 35.1 Å². The summed E-state index contributed by atoms with van der Waals surface area (Å²) in [4.78, 5) is 24.9. The van der Waals surface area contributed by atoms with E-state index in [1.807, 2.05) is 0 Å². The fourth-order valence-electron chi connectivity index (χ4n) is 1.67. The molecule has 0 fully saturated rings. The highest BCUT2D eigenvalue weighted by atomic mass is 35.5. The number of esters is 1. The molecule has 0 saturated carbocycles. The van der Waals surface area contributed by atoms with Crippen LogP contribution in [0.3, 0.4) is 0 Å². The van der Waals surface area contributed by atoms with Gasteiger partial charge >= 0.3 is 5.97 Å². The highest BCUT2D eigenvalue weighted by molar-refractivity contribution is 6.35. The number of rotatable bonds is 4. The van der Waals surface area contributed by atoms with Crippen LogP contribution in [0.15, 0.2) is 18.2 Å². The molecule has 0 bridgehead atoms. The van der Waals surface area contributed by atoms with Crippen LogP contribution in [0.5, 0.6) is 0 Å². The molecule has 19 heavy (non-hydrogen) atoms. The number of amides is 1. The number of ether oxygens (including phenoxy) is 1. The Balaban J connectivity index is 2.79. The van der Waals surface area contributed by atoms with Gasteiger partial charge in [0.15, 0.2) is 0 Å². The van der Waals surface area contributed by atoms with E-state index in [9.17, 15) is 9.59 Å². The van der Waals surface area contributed by atoms with E-state index in [0.29, 0.717) is 15.6 Å². The molecule has 0 N–H and O–H groups in total. The molecular formula is C13H15Cl2NO3. The van der Waals surface area contributed by atoms with Crippen molar-refractivity contribution in [1.29, 1.82) is 0 Å². The summed E-state index contributed by atoms with van der Waals surface area (Å²) in [5.41, 5.74) is 0.386. The third kappa shape index (κ3) is 4.40. The molecule has 1 aromatic rings.